The third-order valence-electron chi connectivity index (χ3n) is 6.34. The van der Waals surface area contributed by atoms with Gasteiger partial charge in [0.1, 0.15) is 23.7 Å². The minimum absolute atomic E-state index is 0.0265. The summed E-state index contributed by atoms with van der Waals surface area (Å²) < 4.78 is 5.75. The fourth-order valence-corrected chi connectivity index (χ4v) is 4.05. The number of hydrogen-bond donors (Lipinski definition) is 2. The molecule has 9 heteroatoms. The maximum Gasteiger partial charge on any atom is 0.292 e. The van der Waals surface area contributed by atoms with E-state index in [1.165, 1.54) is 12.8 Å². The highest BCUT2D eigenvalue weighted by molar-refractivity contribution is 5.95. The first kappa shape index (κ1) is 18.5. The molecule has 2 saturated carbocycles. The summed E-state index contributed by atoms with van der Waals surface area (Å²) in [6.07, 6.45) is 6.82. The summed E-state index contributed by atoms with van der Waals surface area (Å²) in [5, 5.41) is 7.78. The molecule has 2 fully saturated rings. The number of furan rings is 1. The molecule has 3 aromatic heterocycles. The average molecular weight is 419 g/mol. The van der Waals surface area contributed by atoms with Gasteiger partial charge in [-0.25, -0.2) is 15.0 Å². The van der Waals surface area contributed by atoms with E-state index >= 15 is 0 Å². The van der Waals surface area contributed by atoms with Crippen LogP contribution in [0.4, 0.5) is 11.6 Å². The van der Waals surface area contributed by atoms with Crippen LogP contribution >= 0.6 is 0 Å². The second-order valence-electron chi connectivity index (χ2n) is 9.20. The number of nitrogens with zero attached hydrogens (tertiary/aromatic N) is 5. The summed E-state index contributed by atoms with van der Waals surface area (Å²) in [4.78, 5) is 33.0. The molecule has 0 radical (unpaired) electrons. The average Bonchev–Trinajstić information content (AvgIpc) is 3.67. The largest absolute Gasteiger partial charge is 0.443 e. The van der Waals surface area contributed by atoms with E-state index in [0.29, 0.717) is 37.1 Å². The zero-order chi connectivity index (χ0) is 21.2. The van der Waals surface area contributed by atoms with E-state index in [1.807, 2.05) is 13.0 Å². The molecule has 0 saturated heterocycles. The van der Waals surface area contributed by atoms with E-state index in [2.05, 4.69) is 37.5 Å². The number of rotatable bonds is 5. The van der Waals surface area contributed by atoms with Crippen LogP contribution in [-0.4, -0.2) is 48.9 Å². The topological polar surface area (TPSA) is 109 Å². The Morgan fingerprint density at radius 3 is 2.84 bits per heavy atom. The van der Waals surface area contributed by atoms with Gasteiger partial charge in [-0.05, 0) is 52.0 Å². The van der Waals surface area contributed by atoms with Crippen LogP contribution in [0.2, 0.25) is 0 Å². The predicted molar refractivity (Wildman–Crippen MR) is 115 cm³/mol. The van der Waals surface area contributed by atoms with Crippen molar-refractivity contribution in [2.45, 2.75) is 64.1 Å². The number of amides is 1. The Hall–Kier alpha value is -3.23. The first-order valence-corrected chi connectivity index (χ1v) is 10.9. The molecular weight excluding hydrogens is 394 g/mol. The molecule has 2 aliphatic carbocycles. The van der Waals surface area contributed by atoms with Crippen LogP contribution in [0.25, 0.3) is 11.1 Å². The minimum atomic E-state index is -0.207. The van der Waals surface area contributed by atoms with Crippen LogP contribution in [0.5, 0.6) is 0 Å². The van der Waals surface area contributed by atoms with Gasteiger partial charge >= 0.3 is 0 Å². The number of fused-ring (bicyclic) bond motifs is 2. The van der Waals surface area contributed by atoms with Crippen molar-refractivity contribution in [2.75, 3.05) is 17.2 Å². The zero-order valence-electron chi connectivity index (χ0n) is 17.7. The van der Waals surface area contributed by atoms with Gasteiger partial charge in [0.15, 0.2) is 0 Å². The molecule has 1 aliphatic heterocycles. The lowest BCUT2D eigenvalue weighted by Crippen LogP contribution is -2.38. The SMILES string of the molecule is Cc1cc2c(NC3(C)CC3)nc(C(=O)N3CCc4c(ncnc4NC4CC4)C3)nc2o1. The van der Waals surface area contributed by atoms with Gasteiger partial charge < -0.3 is 20.0 Å². The van der Waals surface area contributed by atoms with Gasteiger partial charge in [-0.1, -0.05) is 0 Å². The quantitative estimate of drug-likeness (QED) is 0.649. The van der Waals surface area contributed by atoms with Gasteiger partial charge in [0.05, 0.1) is 17.6 Å². The van der Waals surface area contributed by atoms with Crippen molar-refractivity contribution in [3.63, 3.8) is 0 Å². The molecule has 4 heterocycles. The van der Waals surface area contributed by atoms with Crippen molar-refractivity contribution in [2.24, 2.45) is 0 Å². The van der Waals surface area contributed by atoms with E-state index in [1.54, 1.807) is 11.2 Å². The van der Waals surface area contributed by atoms with Crippen LogP contribution in [0.1, 0.15) is 60.2 Å². The number of carbonyl (C=O) groups excluding carboxylic acids is 1. The Bertz CT molecular complexity index is 1200. The summed E-state index contributed by atoms with van der Waals surface area (Å²) in [5.41, 5.74) is 2.47. The Morgan fingerprint density at radius 2 is 2.06 bits per heavy atom. The first-order chi connectivity index (χ1) is 15.0. The van der Waals surface area contributed by atoms with Crippen molar-refractivity contribution in [3.05, 3.63) is 35.2 Å². The molecule has 9 nitrogen and oxygen atoms in total. The molecule has 0 aromatic carbocycles. The highest BCUT2D eigenvalue weighted by atomic mass is 16.3. The summed E-state index contributed by atoms with van der Waals surface area (Å²) in [6, 6.07) is 2.44. The van der Waals surface area contributed by atoms with Gasteiger partial charge in [0.25, 0.3) is 5.91 Å². The number of nitrogens with one attached hydrogen (secondary N) is 2. The lowest BCUT2D eigenvalue weighted by atomic mass is 10.1. The highest BCUT2D eigenvalue weighted by Crippen LogP contribution is 2.39. The predicted octanol–water partition coefficient (Wildman–Crippen LogP) is 3.06. The normalized spacial score (nSPS) is 19.2. The van der Waals surface area contributed by atoms with E-state index in [-0.39, 0.29) is 17.3 Å². The van der Waals surface area contributed by atoms with E-state index in [0.717, 1.165) is 41.1 Å². The van der Waals surface area contributed by atoms with E-state index in [9.17, 15) is 4.79 Å². The Morgan fingerprint density at radius 1 is 1.23 bits per heavy atom. The molecule has 6 rings (SSSR count). The van der Waals surface area contributed by atoms with E-state index < -0.39 is 0 Å². The lowest BCUT2D eigenvalue weighted by Gasteiger charge is -2.28. The highest BCUT2D eigenvalue weighted by Gasteiger charge is 2.38. The Labute approximate surface area is 179 Å². The molecule has 0 bridgehead atoms. The van der Waals surface area contributed by atoms with Crippen molar-refractivity contribution in [1.82, 2.24) is 24.8 Å². The van der Waals surface area contributed by atoms with Crippen molar-refractivity contribution in [1.29, 1.82) is 0 Å². The van der Waals surface area contributed by atoms with Crippen molar-refractivity contribution < 1.29 is 9.21 Å². The summed E-state index contributed by atoms with van der Waals surface area (Å²) in [5.74, 6) is 2.27. The molecule has 160 valence electrons. The van der Waals surface area contributed by atoms with Crippen LogP contribution in [0, 0.1) is 6.92 Å². The number of aryl methyl sites for hydroxylation is 1. The Kier molecular flexibility index (Phi) is 3.97. The van der Waals surface area contributed by atoms with Crippen molar-refractivity contribution in [3.8, 4) is 0 Å². The van der Waals surface area contributed by atoms with Crippen LogP contribution < -0.4 is 10.6 Å². The number of aromatic nitrogens is 4. The number of carbonyl (C=O) groups is 1. The molecule has 0 spiro atoms. The van der Waals surface area contributed by atoms with Gasteiger partial charge in [0, 0.05) is 23.7 Å². The third-order valence-corrected chi connectivity index (χ3v) is 6.34. The maximum absolute atomic E-state index is 13.3. The second kappa shape index (κ2) is 6.63. The minimum Gasteiger partial charge on any atom is -0.443 e. The molecule has 0 unspecified atom stereocenters. The summed E-state index contributed by atoms with van der Waals surface area (Å²) in [7, 11) is 0. The standard InChI is InChI=1S/C22H25N7O2/c1-12-9-15-18(28-22(2)6-7-22)26-19(27-20(15)31-12)21(30)29-8-5-14-16(10-29)23-11-24-17(14)25-13-3-4-13/h9,11,13H,3-8,10H2,1-2H3,(H,23,24,25)(H,26,27,28). The van der Waals surface area contributed by atoms with Crippen LogP contribution in [-0.2, 0) is 13.0 Å². The van der Waals surface area contributed by atoms with Gasteiger partial charge in [-0.15, -0.1) is 0 Å². The van der Waals surface area contributed by atoms with Crippen molar-refractivity contribution >= 4 is 28.6 Å². The molecule has 2 N–H and O–H groups in total. The van der Waals surface area contributed by atoms with Crippen LogP contribution in [0.15, 0.2) is 16.8 Å². The molecule has 0 atom stereocenters. The summed E-state index contributed by atoms with van der Waals surface area (Å²) in [6.45, 7) is 5.04. The number of hydrogen-bond acceptors (Lipinski definition) is 8. The smallest absolute Gasteiger partial charge is 0.292 e. The second-order valence-corrected chi connectivity index (χ2v) is 9.20. The summed E-state index contributed by atoms with van der Waals surface area (Å²) >= 11 is 0. The fraction of sp³-hybridized carbons (Fsp3) is 0.500. The fourth-order valence-electron chi connectivity index (χ4n) is 4.05. The molecule has 31 heavy (non-hydrogen) atoms. The zero-order valence-corrected chi connectivity index (χ0v) is 17.7. The van der Waals surface area contributed by atoms with Gasteiger partial charge in [-0.2, -0.15) is 4.98 Å². The monoisotopic (exact) mass is 419 g/mol. The third kappa shape index (κ3) is 3.47. The molecule has 3 aliphatic rings. The number of anilines is 2. The van der Waals surface area contributed by atoms with Crippen LogP contribution in [0.3, 0.4) is 0 Å². The lowest BCUT2D eigenvalue weighted by molar-refractivity contribution is 0.0719. The molecule has 3 aromatic rings. The Balaban J connectivity index is 1.29. The van der Waals surface area contributed by atoms with Gasteiger partial charge in [0.2, 0.25) is 11.5 Å². The van der Waals surface area contributed by atoms with E-state index in [4.69, 9.17) is 4.42 Å². The molecular formula is C22H25N7O2. The molecule has 1 amide bonds. The maximum atomic E-state index is 13.3. The van der Waals surface area contributed by atoms with Gasteiger partial charge in [-0.3, -0.25) is 4.79 Å². The first-order valence-electron chi connectivity index (χ1n) is 10.9.